The minimum Gasteiger partial charge on any atom is -0.469 e. The standard InChI is InChI=1S/C24H41NO3Si/c1-18(28-29(6,7)24(2,3)4)17-25-22-14-12-21(13-15-22)20-10-8-19(9-11-20)16-23(26)27-5/h12-15,18-20,25H,8-11,16-17H2,1-7H3. The van der Waals surface area contributed by atoms with Crippen LogP contribution in [0.25, 0.3) is 0 Å². The van der Waals surface area contributed by atoms with Gasteiger partial charge >= 0.3 is 5.97 Å². The maximum atomic E-state index is 11.5. The lowest BCUT2D eigenvalue weighted by atomic mass is 9.77. The van der Waals surface area contributed by atoms with E-state index in [1.54, 1.807) is 0 Å². The second-order valence-corrected chi connectivity index (χ2v) is 14.9. The van der Waals surface area contributed by atoms with Gasteiger partial charge in [0.05, 0.1) is 13.2 Å². The molecule has 5 heteroatoms. The van der Waals surface area contributed by atoms with E-state index in [4.69, 9.17) is 9.16 Å². The summed E-state index contributed by atoms with van der Waals surface area (Å²) in [6.45, 7) is 14.4. The highest BCUT2D eigenvalue weighted by Gasteiger charge is 2.38. The molecule has 0 aliphatic heterocycles. The minimum atomic E-state index is -1.73. The van der Waals surface area contributed by atoms with Crippen molar-refractivity contribution in [2.75, 3.05) is 19.0 Å². The molecular formula is C24H41NO3Si. The number of carbonyl (C=O) groups excluding carboxylic acids is 1. The zero-order valence-corrected chi connectivity index (χ0v) is 20.5. The topological polar surface area (TPSA) is 47.6 Å². The molecule has 1 atom stereocenters. The van der Waals surface area contributed by atoms with Crippen molar-refractivity contribution < 1.29 is 14.0 Å². The fourth-order valence-corrected chi connectivity index (χ4v) is 5.32. The Morgan fingerprint density at radius 2 is 1.72 bits per heavy atom. The van der Waals surface area contributed by atoms with Gasteiger partial charge in [0.1, 0.15) is 0 Å². The van der Waals surface area contributed by atoms with Gasteiger partial charge in [-0.2, -0.15) is 0 Å². The van der Waals surface area contributed by atoms with Gasteiger partial charge in [0.25, 0.3) is 0 Å². The normalized spacial score (nSPS) is 21.5. The van der Waals surface area contributed by atoms with Gasteiger partial charge in [-0.05, 0) is 80.3 Å². The van der Waals surface area contributed by atoms with Gasteiger partial charge in [0, 0.05) is 18.7 Å². The maximum absolute atomic E-state index is 11.5. The molecule has 0 saturated heterocycles. The molecule has 0 bridgehead atoms. The van der Waals surface area contributed by atoms with Gasteiger partial charge in [0.15, 0.2) is 8.32 Å². The van der Waals surface area contributed by atoms with Crippen molar-refractivity contribution in [1.29, 1.82) is 0 Å². The SMILES string of the molecule is COC(=O)CC1CCC(c2ccc(NCC(C)O[Si](C)(C)C(C)(C)C)cc2)CC1. The molecule has 1 saturated carbocycles. The van der Waals surface area contributed by atoms with Crippen molar-refractivity contribution in [1.82, 2.24) is 0 Å². The number of hydrogen-bond donors (Lipinski definition) is 1. The van der Waals surface area contributed by atoms with Crippen molar-refractivity contribution in [2.24, 2.45) is 5.92 Å². The zero-order valence-electron chi connectivity index (χ0n) is 19.5. The van der Waals surface area contributed by atoms with Crippen LogP contribution in [-0.4, -0.2) is 34.0 Å². The van der Waals surface area contributed by atoms with Crippen LogP contribution in [0.1, 0.15) is 71.3 Å². The van der Waals surface area contributed by atoms with E-state index in [1.165, 1.54) is 12.7 Å². The Balaban J connectivity index is 1.80. The molecule has 0 aromatic heterocycles. The van der Waals surface area contributed by atoms with E-state index in [0.717, 1.165) is 37.9 Å². The summed E-state index contributed by atoms with van der Waals surface area (Å²) in [6, 6.07) is 8.89. The predicted octanol–water partition coefficient (Wildman–Crippen LogP) is 6.35. The van der Waals surface area contributed by atoms with Gasteiger partial charge in [-0.15, -0.1) is 0 Å². The van der Waals surface area contributed by atoms with Gasteiger partial charge in [-0.1, -0.05) is 32.9 Å². The third-order valence-corrected chi connectivity index (χ3v) is 11.4. The van der Waals surface area contributed by atoms with Crippen LogP contribution in [0.15, 0.2) is 24.3 Å². The number of carbonyl (C=O) groups is 1. The summed E-state index contributed by atoms with van der Waals surface area (Å²) >= 11 is 0. The highest BCUT2D eigenvalue weighted by atomic mass is 28.4. The Kier molecular flexibility index (Phi) is 8.35. The summed E-state index contributed by atoms with van der Waals surface area (Å²) in [6.07, 6.45) is 5.31. The third-order valence-electron chi connectivity index (χ3n) is 6.81. The molecule has 0 amide bonds. The number of anilines is 1. The first-order valence-electron chi connectivity index (χ1n) is 11.1. The van der Waals surface area contributed by atoms with E-state index in [-0.39, 0.29) is 17.1 Å². The molecule has 164 valence electrons. The lowest BCUT2D eigenvalue weighted by Crippen LogP contribution is -2.44. The van der Waals surface area contributed by atoms with Crippen LogP contribution in [0.5, 0.6) is 0 Å². The first-order valence-corrected chi connectivity index (χ1v) is 14.0. The Morgan fingerprint density at radius 1 is 1.14 bits per heavy atom. The molecule has 1 aliphatic carbocycles. The number of benzene rings is 1. The fraction of sp³-hybridized carbons (Fsp3) is 0.708. The van der Waals surface area contributed by atoms with Gasteiger partial charge < -0.3 is 14.5 Å². The van der Waals surface area contributed by atoms with Crippen LogP contribution in [0, 0.1) is 5.92 Å². The molecule has 1 fully saturated rings. The number of methoxy groups -OCH3 is 1. The number of ether oxygens (including phenoxy) is 1. The first-order chi connectivity index (χ1) is 13.5. The molecular weight excluding hydrogens is 378 g/mol. The molecule has 2 rings (SSSR count). The minimum absolute atomic E-state index is 0.0735. The maximum Gasteiger partial charge on any atom is 0.305 e. The Bertz CT molecular complexity index is 643. The number of esters is 1. The number of hydrogen-bond acceptors (Lipinski definition) is 4. The fourth-order valence-electron chi connectivity index (χ4n) is 3.88. The van der Waals surface area contributed by atoms with Crippen LogP contribution >= 0.6 is 0 Å². The molecule has 1 N–H and O–H groups in total. The predicted molar refractivity (Wildman–Crippen MR) is 124 cm³/mol. The smallest absolute Gasteiger partial charge is 0.305 e. The second-order valence-electron chi connectivity index (χ2n) is 10.2. The van der Waals surface area contributed by atoms with Crippen molar-refractivity contribution in [3.05, 3.63) is 29.8 Å². The second kappa shape index (κ2) is 10.1. The Morgan fingerprint density at radius 3 is 2.24 bits per heavy atom. The first kappa shape index (κ1) is 23.9. The van der Waals surface area contributed by atoms with E-state index in [0.29, 0.717) is 18.3 Å². The largest absolute Gasteiger partial charge is 0.469 e. The molecule has 0 radical (unpaired) electrons. The zero-order chi connectivity index (χ0) is 21.7. The lowest BCUT2D eigenvalue weighted by Gasteiger charge is -2.38. The summed E-state index contributed by atoms with van der Waals surface area (Å²) in [7, 11) is -0.249. The summed E-state index contributed by atoms with van der Waals surface area (Å²) in [4.78, 5) is 11.5. The van der Waals surface area contributed by atoms with Crippen molar-refractivity contribution in [2.45, 2.75) is 90.0 Å². The summed E-state index contributed by atoms with van der Waals surface area (Å²) in [5, 5.41) is 3.76. The number of rotatable bonds is 8. The van der Waals surface area contributed by atoms with E-state index < -0.39 is 8.32 Å². The van der Waals surface area contributed by atoms with Gasteiger partial charge in [-0.25, -0.2) is 0 Å². The van der Waals surface area contributed by atoms with E-state index in [9.17, 15) is 4.79 Å². The van der Waals surface area contributed by atoms with Gasteiger partial charge in [0.2, 0.25) is 0 Å². The quantitative estimate of drug-likeness (QED) is 0.394. The van der Waals surface area contributed by atoms with Crippen LogP contribution < -0.4 is 5.32 Å². The van der Waals surface area contributed by atoms with E-state index in [2.05, 4.69) is 70.4 Å². The molecule has 1 aliphatic rings. The van der Waals surface area contributed by atoms with Crippen molar-refractivity contribution in [3.63, 3.8) is 0 Å². The average molecular weight is 420 g/mol. The highest BCUT2D eigenvalue weighted by molar-refractivity contribution is 6.74. The lowest BCUT2D eigenvalue weighted by molar-refractivity contribution is -0.142. The van der Waals surface area contributed by atoms with Crippen molar-refractivity contribution >= 4 is 20.0 Å². The number of nitrogens with one attached hydrogen (secondary N) is 1. The molecule has 1 aromatic carbocycles. The highest BCUT2D eigenvalue weighted by Crippen LogP contribution is 2.38. The van der Waals surface area contributed by atoms with Crippen LogP contribution in [0.4, 0.5) is 5.69 Å². The molecule has 1 aromatic rings. The summed E-state index contributed by atoms with van der Waals surface area (Å²) in [5.74, 6) is 1.02. The molecule has 29 heavy (non-hydrogen) atoms. The van der Waals surface area contributed by atoms with Crippen LogP contribution in [0.2, 0.25) is 18.1 Å². The third kappa shape index (κ3) is 7.14. The van der Waals surface area contributed by atoms with Crippen molar-refractivity contribution in [3.8, 4) is 0 Å². The van der Waals surface area contributed by atoms with E-state index >= 15 is 0 Å². The summed E-state index contributed by atoms with van der Waals surface area (Å²) < 4.78 is 11.2. The molecule has 0 spiro atoms. The Labute approximate surface area is 178 Å². The van der Waals surface area contributed by atoms with Crippen LogP contribution in [-0.2, 0) is 14.0 Å². The average Bonchev–Trinajstić information content (AvgIpc) is 2.66. The molecule has 4 nitrogen and oxygen atoms in total. The van der Waals surface area contributed by atoms with E-state index in [1.807, 2.05) is 0 Å². The molecule has 0 heterocycles. The van der Waals surface area contributed by atoms with Crippen LogP contribution in [0.3, 0.4) is 0 Å². The Hall–Kier alpha value is -1.33. The monoisotopic (exact) mass is 419 g/mol. The summed E-state index contributed by atoms with van der Waals surface area (Å²) in [5.41, 5.74) is 2.57. The van der Waals surface area contributed by atoms with Gasteiger partial charge in [-0.3, -0.25) is 4.79 Å². The molecule has 1 unspecified atom stereocenters.